The first kappa shape index (κ1) is 16.8. The minimum atomic E-state index is 0.729. The molecule has 3 heterocycles. The number of aromatic nitrogens is 2. The van der Waals surface area contributed by atoms with Crippen LogP contribution in [-0.2, 0) is 6.54 Å². The normalized spacial score (nSPS) is 22.6. The first-order chi connectivity index (χ1) is 12.2. The predicted octanol–water partition coefficient (Wildman–Crippen LogP) is 1.97. The van der Waals surface area contributed by atoms with Crippen LogP contribution in [0.2, 0.25) is 0 Å². The van der Waals surface area contributed by atoms with Crippen LogP contribution in [0, 0.1) is 13.8 Å². The van der Waals surface area contributed by atoms with Gasteiger partial charge in [-0.1, -0.05) is 18.2 Å². The Morgan fingerprint density at radius 1 is 1.08 bits per heavy atom. The van der Waals surface area contributed by atoms with E-state index in [1.54, 1.807) is 0 Å². The summed E-state index contributed by atoms with van der Waals surface area (Å²) in [6.45, 7) is 12.4. The molecule has 5 nitrogen and oxygen atoms in total. The highest BCUT2D eigenvalue weighted by atomic mass is 15.3. The van der Waals surface area contributed by atoms with E-state index >= 15 is 0 Å². The van der Waals surface area contributed by atoms with Gasteiger partial charge < -0.3 is 5.32 Å². The molecule has 1 aromatic carbocycles. The molecular weight excluding hydrogens is 310 g/mol. The highest BCUT2D eigenvalue weighted by Gasteiger charge is 2.29. The summed E-state index contributed by atoms with van der Waals surface area (Å²) in [4.78, 5) is 5.28. The fourth-order valence-electron chi connectivity index (χ4n) is 4.25. The molecule has 2 aromatic rings. The van der Waals surface area contributed by atoms with Crippen LogP contribution < -0.4 is 5.32 Å². The number of hydrogen-bond acceptors (Lipinski definition) is 4. The topological polar surface area (TPSA) is 36.3 Å². The van der Waals surface area contributed by atoms with E-state index in [2.05, 4.69) is 64.0 Å². The molecule has 134 valence electrons. The van der Waals surface area contributed by atoms with Gasteiger partial charge in [0.1, 0.15) is 0 Å². The van der Waals surface area contributed by atoms with Gasteiger partial charge in [0.05, 0.1) is 11.4 Å². The lowest BCUT2D eigenvalue weighted by atomic mass is 10.2. The van der Waals surface area contributed by atoms with E-state index < -0.39 is 0 Å². The average Bonchev–Trinajstić information content (AvgIpc) is 3.23. The highest BCUT2D eigenvalue weighted by molar-refractivity contribution is 5.36. The summed E-state index contributed by atoms with van der Waals surface area (Å²) in [6.07, 6.45) is 1.30. The molecule has 1 unspecified atom stereocenters. The van der Waals surface area contributed by atoms with Crippen LogP contribution in [0.5, 0.6) is 0 Å². The van der Waals surface area contributed by atoms with Gasteiger partial charge in [0, 0.05) is 63.1 Å². The Labute approximate surface area is 150 Å². The Hall–Kier alpha value is -1.69. The lowest BCUT2D eigenvalue weighted by Gasteiger charge is -2.32. The Morgan fingerprint density at radius 3 is 2.60 bits per heavy atom. The van der Waals surface area contributed by atoms with Gasteiger partial charge in [-0.05, 0) is 32.4 Å². The fourth-order valence-corrected chi connectivity index (χ4v) is 4.25. The minimum absolute atomic E-state index is 0.729. The van der Waals surface area contributed by atoms with Crippen molar-refractivity contribution in [1.29, 1.82) is 0 Å². The van der Waals surface area contributed by atoms with Crippen molar-refractivity contribution in [1.82, 2.24) is 24.9 Å². The maximum atomic E-state index is 4.80. The number of rotatable bonds is 4. The molecule has 25 heavy (non-hydrogen) atoms. The first-order valence-corrected chi connectivity index (χ1v) is 9.50. The number of aryl methyl sites for hydroxylation is 1. The quantitative estimate of drug-likeness (QED) is 0.924. The van der Waals surface area contributed by atoms with Crippen molar-refractivity contribution in [2.45, 2.75) is 32.9 Å². The van der Waals surface area contributed by atoms with Gasteiger partial charge >= 0.3 is 0 Å². The van der Waals surface area contributed by atoms with Gasteiger partial charge in [-0.25, -0.2) is 4.68 Å². The molecule has 2 fully saturated rings. The van der Waals surface area contributed by atoms with Crippen molar-refractivity contribution in [3.05, 3.63) is 47.3 Å². The van der Waals surface area contributed by atoms with Crippen LogP contribution in [0.25, 0.3) is 5.69 Å². The van der Waals surface area contributed by atoms with E-state index in [1.165, 1.54) is 43.9 Å². The second-order valence-electron chi connectivity index (χ2n) is 7.36. The Morgan fingerprint density at radius 2 is 1.84 bits per heavy atom. The summed E-state index contributed by atoms with van der Waals surface area (Å²) >= 11 is 0. The molecule has 1 N–H and O–H groups in total. The zero-order chi connectivity index (χ0) is 17.2. The molecule has 2 aliphatic rings. The molecule has 0 radical (unpaired) electrons. The van der Waals surface area contributed by atoms with E-state index in [0.29, 0.717) is 0 Å². The third-order valence-corrected chi connectivity index (χ3v) is 5.74. The largest absolute Gasteiger partial charge is 0.314 e. The van der Waals surface area contributed by atoms with Crippen molar-refractivity contribution in [2.75, 3.05) is 39.3 Å². The molecule has 4 rings (SSSR count). The summed E-state index contributed by atoms with van der Waals surface area (Å²) in [5.41, 5.74) is 4.97. The summed E-state index contributed by atoms with van der Waals surface area (Å²) in [5.74, 6) is 0. The van der Waals surface area contributed by atoms with Crippen molar-refractivity contribution >= 4 is 0 Å². The van der Waals surface area contributed by atoms with Gasteiger partial charge in [-0.3, -0.25) is 9.80 Å². The SMILES string of the molecule is Cc1nn(-c2ccccc2)c(C)c1CN1CCC(N2CCNCC2)C1. The van der Waals surface area contributed by atoms with E-state index in [9.17, 15) is 0 Å². The van der Waals surface area contributed by atoms with E-state index in [-0.39, 0.29) is 0 Å². The monoisotopic (exact) mass is 339 g/mol. The van der Waals surface area contributed by atoms with Gasteiger partial charge in [-0.15, -0.1) is 0 Å². The second kappa shape index (κ2) is 7.28. The molecule has 2 saturated heterocycles. The number of nitrogens with one attached hydrogen (secondary N) is 1. The standard InChI is InChI=1S/C20H29N5/c1-16-20(17(2)25(22-16)18-6-4-3-5-7-18)15-23-11-8-19(14-23)24-12-9-21-10-13-24/h3-7,19,21H,8-15H2,1-2H3. The van der Waals surface area contributed by atoms with E-state index in [4.69, 9.17) is 5.10 Å². The molecule has 0 saturated carbocycles. The van der Waals surface area contributed by atoms with Gasteiger partial charge in [0.15, 0.2) is 0 Å². The van der Waals surface area contributed by atoms with E-state index in [0.717, 1.165) is 37.1 Å². The van der Waals surface area contributed by atoms with Gasteiger partial charge in [0.25, 0.3) is 0 Å². The molecule has 0 bridgehead atoms. The number of nitrogens with zero attached hydrogens (tertiary/aromatic N) is 4. The number of hydrogen-bond donors (Lipinski definition) is 1. The van der Waals surface area contributed by atoms with Crippen LogP contribution in [0.4, 0.5) is 0 Å². The predicted molar refractivity (Wildman–Crippen MR) is 101 cm³/mol. The summed E-state index contributed by atoms with van der Waals surface area (Å²) in [7, 11) is 0. The molecule has 0 aliphatic carbocycles. The fraction of sp³-hybridized carbons (Fsp3) is 0.550. The average molecular weight is 339 g/mol. The Kier molecular flexibility index (Phi) is 4.88. The van der Waals surface area contributed by atoms with Crippen molar-refractivity contribution in [3.63, 3.8) is 0 Å². The molecule has 0 spiro atoms. The third kappa shape index (κ3) is 3.50. The number of piperazine rings is 1. The Balaban J connectivity index is 1.46. The molecule has 2 aliphatic heterocycles. The molecule has 0 amide bonds. The van der Waals surface area contributed by atoms with Crippen LogP contribution in [0.1, 0.15) is 23.4 Å². The zero-order valence-electron chi connectivity index (χ0n) is 15.4. The smallest absolute Gasteiger partial charge is 0.0648 e. The van der Waals surface area contributed by atoms with Crippen LogP contribution in [-0.4, -0.2) is 64.9 Å². The van der Waals surface area contributed by atoms with Crippen molar-refractivity contribution in [3.8, 4) is 5.69 Å². The van der Waals surface area contributed by atoms with Gasteiger partial charge in [0.2, 0.25) is 0 Å². The van der Waals surface area contributed by atoms with Crippen molar-refractivity contribution < 1.29 is 0 Å². The second-order valence-corrected chi connectivity index (χ2v) is 7.36. The molecule has 1 aromatic heterocycles. The maximum Gasteiger partial charge on any atom is 0.0648 e. The number of para-hydroxylation sites is 1. The van der Waals surface area contributed by atoms with Crippen molar-refractivity contribution in [2.24, 2.45) is 0 Å². The van der Waals surface area contributed by atoms with Crippen LogP contribution >= 0.6 is 0 Å². The number of benzene rings is 1. The maximum absolute atomic E-state index is 4.80. The zero-order valence-corrected chi connectivity index (χ0v) is 15.4. The third-order valence-electron chi connectivity index (χ3n) is 5.74. The van der Waals surface area contributed by atoms with E-state index in [1.807, 2.05) is 0 Å². The molecular formula is C20H29N5. The Bertz CT molecular complexity index is 702. The molecule has 5 heteroatoms. The van der Waals surface area contributed by atoms with Crippen LogP contribution in [0.3, 0.4) is 0 Å². The lowest BCUT2D eigenvalue weighted by Crippen LogP contribution is -2.49. The van der Waals surface area contributed by atoms with Gasteiger partial charge in [-0.2, -0.15) is 5.10 Å². The first-order valence-electron chi connectivity index (χ1n) is 9.50. The number of likely N-dealkylation sites (tertiary alicyclic amines) is 1. The summed E-state index contributed by atoms with van der Waals surface area (Å²) in [5, 5.41) is 8.26. The molecule has 1 atom stereocenters. The highest BCUT2D eigenvalue weighted by Crippen LogP contribution is 2.23. The lowest BCUT2D eigenvalue weighted by molar-refractivity contribution is 0.170. The summed E-state index contributed by atoms with van der Waals surface area (Å²) in [6, 6.07) is 11.2. The summed E-state index contributed by atoms with van der Waals surface area (Å²) < 4.78 is 2.09. The van der Waals surface area contributed by atoms with Crippen LogP contribution in [0.15, 0.2) is 30.3 Å². The minimum Gasteiger partial charge on any atom is -0.314 e.